The summed E-state index contributed by atoms with van der Waals surface area (Å²) in [5.74, 6) is 12.9. The van der Waals surface area contributed by atoms with Crippen LogP contribution in [0.4, 0.5) is 0 Å². The molecule has 1 heterocycles. The minimum absolute atomic E-state index is 0.0415. The van der Waals surface area contributed by atoms with Crippen molar-refractivity contribution in [3.05, 3.63) is 0 Å². The van der Waals surface area contributed by atoms with Crippen molar-refractivity contribution in [3.63, 3.8) is 0 Å². The molecular formula is C86H172O6. The lowest BCUT2D eigenvalue weighted by atomic mass is 9.88. The third-order valence-electron chi connectivity index (χ3n) is 23.5. The lowest BCUT2D eigenvalue weighted by Gasteiger charge is -2.19. The van der Waals surface area contributed by atoms with Gasteiger partial charge < -0.3 is 29.2 Å². The standard InChI is InChI=1S/C86H172O6/c1-69-29-17-33-73(5)41-25-49-81(13)57-61-89-67-85(65-87)91-63-59-83(15)52-28-44-76(8)36-20-32-72(4)40-24-48-80(12)56-54-78(10)46-22-38-70(2)30-18-34-74(6)42-26-50-82(14)58-62-90-68-86(66-88)92-64-60-84(16)51-27-43-75(7)35-19-31-71(3)39-23-47-79(11)55-53-77(9)45-21-37-69/h69-88H,17-68H2,1-16H3/t69-,70+,71+,72-,73-,74-,75+,76-,77+,78-,79+,80+,81+,82-,83-,84+,85-,86-/m1/s1. The summed E-state index contributed by atoms with van der Waals surface area (Å²) in [6, 6.07) is 0. The smallest absolute Gasteiger partial charge is 0.104 e. The molecule has 0 aromatic heterocycles. The number of aliphatic hydroxyl groups excluding tert-OH is 2. The van der Waals surface area contributed by atoms with Crippen molar-refractivity contribution >= 4 is 0 Å². The van der Waals surface area contributed by atoms with E-state index < -0.39 is 0 Å². The van der Waals surface area contributed by atoms with Crippen LogP contribution in [0, 0.1) is 94.7 Å². The Bertz CT molecular complexity index is 1410. The SMILES string of the molecule is C[C@@H]1CCC[C@H](C)CCC[C@@H](C)CC[C@@H](C)CCC[C@H](C)CCC[C@@H](C)CCC[C@@H](C)CCO[C@H](CO)COCC[C@@H](C)CCC[C@H](C)CCC[C@@H](C)CCC[C@H](C)CC[C@@H](C)CCC[C@@H](C)CCC[C@H](C)CCC[C@H](C)CCO[C@H](CO)COCC[C@H](C)CCC1. The van der Waals surface area contributed by atoms with E-state index in [1.807, 2.05) is 0 Å². The van der Waals surface area contributed by atoms with Crippen molar-refractivity contribution in [3.8, 4) is 0 Å². The molecule has 0 amide bonds. The second-order valence-corrected chi connectivity index (χ2v) is 34.7. The first-order chi connectivity index (χ1) is 44.2. The number of aliphatic hydroxyl groups is 2. The summed E-state index contributed by atoms with van der Waals surface area (Å²) in [4.78, 5) is 0. The van der Waals surface area contributed by atoms with Gasteiger partial charge >= 0.3 is 0 Å². The second-order valence-electron chi connectivity index (χ2n) is 34.7. The number of hydrogen-bond acceptors (Lipinski definition) is 6. The first-order valence-corrected chi connectivity index (χ1v) is 41.8. The van der Waals surface area contributed by atoms with Gasteiger partial charge in [-0.15, -0.1) is 0 Å². The van der Waals surface area contributed by atoms with Gasteiger partial charge in [0.2, 0.25) is 0 Å². The average Bonchev–Trinajstić information content (AvgIpc) is 3.72. The van der Waals surface area contributed by atoms with Gasteiger partial charge in [0.05, 0.1) is 26.4 Å². The highest BCUT2D eigenvalue weighted by molar-refractivity contribution is 4.70. The molecule has 1 saturated heterocycles. The molecule has 1 fully saturated rings. The Balaban J connectivity index is 2.51. The molecule has 2 N–H and O–H groups in total. The number of rotatable bonds is 2. The summed E-state index contributed by atoms with van der Waals surface area (Å²) in [5, 5.41) is 20.1. The second kappa shape index (κ2) is 60.7. The maximum Gasteiger partial charge on any atom is 0.104 e. The predicted molar refractivity (Wildman–Crippen MR) is 405 cm³/mol. The van der Waals surface area contributed by atoms with Gasteiger partial charge in [0.1, 0.15) is 12.2 Å². The minimum atomic E-state index is -0.203. The van der Waals surface area contributed by atoms with Crippen molar-refractivity contribution < 1.29 is 29.2 Å². The monoisotopic (exact) mass is 1300 g/mol. The van der Waals surface area contributed by atoms with Gasteiger partial charge in [-0.2, -0.15) is 0 Å². The highest BCUT2D eigenvalue weighted by atomic mass is 16.5. The summed E-state index contributed by atoms with van der Waals surface area (Å²) in [7, 11) is 0. The van der Waals surface area contributed by atoms with Gasteiger partial charge in [-0.05, 0) is 120 Å². The van der Waals surface area contributed by atoms with Crippen LogP contribution in [0.5, 0.6) is 0 Å². The molecule has 0 radical (unpaired) electrons. The molecule has 92 heavy (non-hydrogen) atoms. The molecule has 0 aliphatic carbocycles. The molecule has 1 aliphatic rings. The van der Waals surface area contributed by atoms with Crippen molar-refractivity contribution in [2.24, 2.45) is 94.7 Å². The van der Waals surface area contributed by atoms with Gasteiger partial charge in [0.25, 0.3) is 0 Å². The zero-order chi connectivity index (χ0) is 68.0. The summed E-state index contributed by atoms with van der Waals surface area (Å²) < 4.78 is 24.4. The molecule has 0 bridgehead atoms. The van der Waals surface area contributed by atoms with Crippen molar-refractivity contribution in [1.82, 2.24) is 0 Å². The molecule has 0 spiro atoms. The molecule has 1 rings (SSSR count). The fraction of sp³-hybridized carbons (Fsp3) is 1.00. The zero-order valence-corrected chi connectivity index (χ0v) is 65.7. The van der Waals surface area contributed by atoms with Crippen LogP contribution in [0.1, 0.15) is 393 Å². The van der Waals surface area contributed by atoms with Crippen LogP contribution in [0.3, 0.4) is 0 Å². The van der Waals surface area contributed by atoms with Gasteiger partial charge in [-0.25, -0.2) is 0 Å². The Labute approximate surface area is 579 Å². The lowest BCUT2D eigenvalue weighted by Crippen LogP contribution is -2.25. The fourth-order valence-electron chi connectivity index (χ4n) is 15.4. The molecule has 6 nitrogen and oxygen atoms in total. The van der Waals surface area contributed by atoms with E-state index in [2.05, 4.69) is 111 Å². The molecule has 0 saturated carbocycles. The Morgan fingerprint density at radius 2 is 0.315 bits per heavy atom. The number of hydrogen-bond donors (Lipinski definition) is 2. The quantitative estimate of drug-likeness (QED) is 0.287. The minimum Gasteiger partial charge on any atom is -0.394 e. The van der Waals surface area contributed by atoms with Gasteiger partial charge in [0, 0.05) is 26.4 Å². The van der Waals surface area contributed by atoms with E-state index in [1.54, 1.807) is 0 Å². The Morgan fingerprint density at radius 3 is 0.467 bits per heavy atom. The van der Waals surface area contributed by atoms with E-state index in [9.17, 15) is 10.2 Å². The highest BCUT2D eigenvalue weighted by Crippen LogP contribution is 2.31. The van der Waals surface area contributed by atoms with Crippen LogP contribution >= 0.6 is 0 Å². The van der Waals surface area contributed by atoms with Crippen molar-refractivity contribution in [1.29, 1.82) is 0 Å². The van der Waals surface area contributed by atoms with Crippen LogP contribution < -0.4 is 0 Å². The van der Waals surface area contributed by atoms with Crippen LogP contribution in [-0.2, 0) is 18.9 Å². The normalized spacial score (nSPS) is 36.1. The van der Waals surface area contributed by atoms with E-state index >= 15 is 0 Å². The van der Waals surface area contributed by atoms with Gasteiger partial charge in [0.15, 0.2) is 0 Å². The topological polar surface area (TPSA) is 77.4 Å². The van der Waals surface area contributed by atoms with E-state index in [4.69, 9.17) is 18.9 Å². The molecule has 18 atom stereocenters. The molecular weight excluding hydrogens is 1130 g/mol. The molecule has 0 unspecified atom stereocenters. The van der Waals surface area contributed by atoms with Gasteiger partial charge in [-0.1, -0.05) is 368 Å². The molecule has 0 aromatic carbocycles. The van der Waals surface area contributed by atoms with Crippen LogP contribution in [0.2, 0.25) is 0 Å². The lowest BCUT2D eigenvalue weighted by molar-refractivity contribution is -0.0471. The number of ether oxygens (including phenoxy) is 4. The Kier molecular flexibility index (Phi) is 59.2. The average molecular weight is 1300 g/mol. The highest BCUT2D eigenvalue weighted by Gasteiger charge is 2.18. The first kappa shape index (κ1) is 89.8. The largest absolute Gasteiger partial charge is 0.394 e. The third kappa shape index (κ3) is 56.6. The molecule has 6 heteroatoms. The molecule has 1 aliphatic heterocycles. The van der Waals surface area contributed by atoms with E-state index in [0.717, 1.165) is 123 Å². The van der Waals surface area contributed by atoms with Crippen molar-refractivity contribution in [2.75, 3.05) is 52.9 Å². The summed E-state index contributed by atoms with van der Waals surface area (Å²) in [6.45, 7) is 43.7. The molecule has 0 aromatic rings. The third-order valence-corrected chi connectivity index (χ3v) is 23.5. The van der Waals surface area contributed by atoms with Gasteiger partial charge in [-0.3, -0.25) is 0 Å². The van der Waals surface area contributed by atoms with Crippen LogP contribution in [-0.4, -0.2) is 75.3 Å². The summed E-state index contributed by atoms with van der Waals surface area (Å²) in [6.07, 6.45) is 59.0. The van der Waals surface area contributed by atoms with Crippen LogP contribution in [0.25, 0.3) is 0 Å². The molecule has 552 valence electrons. The summed E-state index contributed by atoms with van der Waals surface area (Å²) >= 11 is 0. The van der Waals surface area contributed by atoms with Crippen molar-refractivity contribution in [2.45, 2.75) is 406 Å². The Hall–Kier alpha value is -0.240. The fourth-order valence-corrected chi connectivity index (χ4v) is 15.4. The maximum absolute atomic E-state index is 10.0. The maximum atomic E-state index is 10.0. The Morgan fingerprint density at radius 1 is 0.185 bits per heavy atom. The van der Waals surface area contributed by atoms with E-state index in [0.29, 0.717) is 36.9 Å². The zero-order valence-electron chi connectivity index (χ0n) is 65.7. The van der Waals surface area contributed by atoms with E-state index in [-0.39, 0.29) is 25.4 Å². The summed E-state index contributed by atoms with van der Waals surface area (Å²) in [5.41, 5.74) is 0. The van der Waals surface area contributed by atoms with Crippen LogP contribution in [0.15, 0.2) is 0 Å². The van der Waals surface area contributed by atoms with E-state index in [1.165, 1.54) is 257 Å². The first-order valence-electron chi connectivity index (χ1n) is 41.8. The predicted octanol–water partition coefficient (Wildman–Crippen LogP) is 26.1.